The number of anilines is 1. The molecule has 0 amide bonds. The molecule has 8 nitrogen and oxygen atoms in total. The topological polar surface area (TPSA) is 92.6 Å². The number of aromatic amines is 1. The number of esters is 1. The Kier molecular flexibility index (Phi) is 3.87. The minimum Gasteiger partial charge on any atom is -0.466 e. The van der Waals surface area contributed by atoms with E-state index in [-0.39, 0.29) is 17.6 Å². The molecule has 0 saturated carbocycles. The molecule has 3 aromatic rings. The van der Waals surface area contributed by atoms with E-state index in [1.807, 2.05) is 31.2 Å². The Balaban J connectivity index is 1.70. The summed E-state index contributed by atoms with van der Waals surface area (Å²) < 4.78 is 6.67. The SMILES string of the molecule is CCOC(=O)C1CCN(c2nc3ccccc3n3c(=O)[nH]nc23)CC1. The first kappa shape index (κ1) is 15.6. The van der Waals surface area contributed by atoms with Gasteiger partial charge in [0, 0.05) is 13.1 Å². The van der Waals surface area contributed by atoms with Gasteiger partial charge in [-0.15, -0.1) is 5.10 Å². The average Bonchev–Trinajstić information content (AvgIpc) is 3.04. The third-order valence-corrected chi connectivity index (χ3v) is 4.64. The largest absolute Gasteiger partial charge is 0.466 e. The Bertz CT molecular complexity index is 985. The number of nitrogens with zero attached hydrogens (tertiary/aromatic N) is 4. The lowest BCUT2D eigenvalue weighted by atomic mass is 9.97. The van der Waals surface area contributed by atoms with Crippen molar-refractivity contribution in [2.75, 3.05) is 24.6 Å². The molecule has 130 valence electrons. The fourth-order valence-electron chi connectivity index (χ4n) is 3.38. The number of carbonyl (C=O) groups excluding carboxylic acids is 1. The van der Waals surface area contributed by atoms with Gasteiger partial charge in [0.15, 0.2) is 5.82 Å². The molecule has 3 heterocycles. The molecule has 25 heavy (non-hydrogen) atoms. The van der Waals surface area contributed by atoms with Crippen LogP contribution in [-0.2, 0) is 9.53 Å². The molecule has 0 spiro atoms. The number of hydrogen-bond acceptors (Lipinski definition) is 6. The summed E-state index contributed by atoms with van der Waals surface area (Å²) in [4.78, 5) is 30.9. The molecular weight excluding hydrogens is 322 g/mol. The lowest BCUT2D eigenvalue weighted by Gasteiger charge is -2.31. The van der Waals surface area contributed by atoms with Crippen molar-refractivity contribution in [3.63, 3.8) is 0 Å². The highest BCUT2D eigenvalue weighted by Crippen LogP contribution is 2.27. The predicted molar refractivity (Wildman–Crippen MR) is 92.7 cm³/mol. The second-order valence-electron chi connectivity index (χ2n) is 6.13. The summed E-state index contributed by atoms with van der Waals surface area (Å²) in [5.74, 6) is 0.461. The van der Waals surface area contributed by atoms with E-state index in [4.69, 9.17) is 9.72 Å². The quantitative estimate of drug-likeness (QED) is 0.723. The first-order chi connectivity index (χ1) is 12.2. The summed E-state index contributed by atoms with van der Waals surface area (Å²) >= 11 is 0. The Labute approximate surface area is 143 Å². The lowest BCUT2D eigenvalue weighted by molar-refractivity contribution is -0.148. The summed E-state index contributed by atoms with van der Waals surface area (Å²) in [6, 6.07) is 7.49. The summed E-state index contributed by atoms with van der Waals surface area (Å²) in [7, 11) is 0. The molecule has 1 saturated heterocycles. The highest BCUT2D eigenvalue weighted by Gasteiger charge is 2.28. The molecule has 1 N–H and O–H groups in total. The van der Waals surface area contributed by atoms with E-state index in [0.717, 1.165) is 11.0 Å². The second-order valence-corrected chi connectivity index (χ2v) is 6.13. The number of nitrogens with one attached hydrogen (secondary N) is 1. The number of piperidine rings is 1. The van der Waals surface area contributed by atoms with Crippen LogP contribution in [0.5, 0.6) is 0 Å². The van der Waals surface area contributed by atoms with Gasteiger partial charge in [0.25, 0.3) is 0 Å². The number of fused-ring (bicyclic) bond motifs is 3. The van der Waals surface area contributed by atoms with Gasteiger partial charge in [0.05, 0.1) is 23.6 Å². The van der Waals surface area contributed by atoms with Gasteiger partial charge < -0.3 is 9.64 Å². The number of aromatic nitrogens is 4. The lowest BCUT2D eigenvalue weighted by Crippen LogP contribution is -2.37. The third-order valence-electron chi connectivity index (χ3n) is 4.64. The van der Waals surface area contributed by atoms with E-state index in [2.05, 4.69) is 15.1 Å². The smallest absolute Gasteiger partial charge is 0.348 e. The van der Waals surface area contributed by atoms with Gasteiger partial charge in [-0.3, -0.25) is 4.79 Å². The molecule has 0 atom stereocenters. The summed E-state index contributed by atoms with van der Waals surface area (Å²) in [5.41, 5.74) is 1.69. The maximum atomic E-state index is 12.2. The Morgan fingerprint density at radius 3 is 2.84 bits per heavy atom. The maximum Gasteiger partial charge on any atom is 0.348 e. The molecule has 1 aliphatic heterocycles. The summed E-state index contributed by atoms with van der Waals surface area (Å²) in [5, 5.41) is 6.67. The van der Waals surface area contributed by atoms with Crippen LogP contribution < -0.4 is 10.6 Å². The maximum absolute atomic E-state index is 12.2. The number of rotatable bonds is 3. The van der Waals surface area contributed by atoms with Crippen LogP contribution in [0.15, 0.2) is 29.1 Å². The normalized spacial score (nSPS) is 15.8. The van der Waals surface area contributed by atoms with Crippen LogP contribution >= 0.6 is 0 Å². The van der Waals surface area contributed by atoms with Crippen LogP contribution in [0, 0.1) is 5.92 Å². The number of H-pyrrole nitrogens is 1. The second kappa shape index (κ2) is 6.19. The third kappa shape index (κ3) is 2.63. The molecule has 1 aromatic carbocycles. The van der Waals surface area contributed by atoms with Crippen LogP contribution in [0.25, 0.3) is 16.7 Å². The van der Waals surface area contributed by atoms with Crippen LogP contribution in [0.4, 0.5) is 5.82 Å². The van der Waals surface area contributed by atoms with Gasteiger partial charge in [-0.25, -0.2) is 19.3 Å². The number of ether oxygens (including phenoxy) is 1. The van der Waals surface area contributed by atoms with E-state index in [1.54, 1.807) is 4.40 Å². The molecule has 0 radical (unpaired) electrons. The zero-order valence-corrected chi connectivity index (χ0v) is 13.9. The standard InChI is InChI=1S/C17H19N5O3/c1-2-25-16(23)11-7-9-21(10-8-11)14-15-19-20-17(24)22(15)13-6-4-3-5-12(13)18-14/h3-6,11H,2,7-10H2,1H3,(H,20,24). The van der Waals surface area contributed by atoms with Gasteiger partial charge in [0.2, 0.25) is 5.65 Å². The van der Waals surface area contributed by atoms with E-state index in [9.17, 15) is 9.59 Å². The summed E-state index contributed by atoms with van der Waals surface area (Å²) in [6.07, 6.45) is 1.41. The summed E-state index contributed by atoms with van der Waals surface area (Å²) in [6.45, 7) is 3.57. The monoisotopic (exact) mass is 341 g/mol. The van der Waals surface area contributed by atoms with E-state index < -0.39 is 0 Å². The highest BCUT2D eigenvalue weighted by molar-refractivity contribution is 5.83. The van der Waals surface area contributed by atoms with Crippen LogP contribution in [0.1, 0.15) is 19.8 Å². The number of hydrogen-bond donors (Lipinski definition) is 1. The molecule has 0 bridgehead atoms. The first-order valence-corrected chi connectivity index (χ1v) is 8.46. The Hall–Kier alpha value is -2.90. The number of benzene rings is 1. The van der Waals surface area contributed by atoms with Gasteiger partial charge in [-0.2, -0.15) is 0 Å². The molecule has 1 aliphatic rings. The van der Waals surface area contributed by atoms with Gasteiger partial charge in [0.1, 0.15) is 0 Å². The number of carbonyl (C=O) groups is 1. The zero-order chi connectivity index (χ0) is 17.4. The molecule has 2 aromatic heterocycles. The zero-order valence-electron chi connectivity index (χ0n) is 13.9. The van der Waals surface area contributed by atoms with Gasteiger partial charge in [-0.1, -0.05) is 12.1 Å². The fourth-order valence-corrected chi connectivity index (χ4v) is 3.38. The fraction of sp³-hybridized carbons (Fsp3) is 0.412. The van der Waals surface area contributed by atoms with E-state index in [1.165, 1.54) is 0 Å². The Morgan fingerprint density at radius 2 is 2.08 bits per heavy atom. The van der Waals surface area contributed by atoms with Crippen LogP contribution in [0.2, 0.25) is 0 Å². The van der Waals surface area contributed by atoms with E-state index in [0.29, 0.717) is 44.0 Å². The average molecular weight is 341 g/mol. The molecule has 0 aliphatic carbocycles. The molecule has 0 unspecified atom stereocenters. The van der Waals surface area contributed by atoms with Gasteiger partial charge >= 0.3 is 11.7 Å². The van der Waals surface area contributed by atoms with Crippen LogP contribution in [-0.4, -0.2) is 45.2 Å². The minimum absolute atomic E-state index is 0.0750. The van der Waals surface area contributed by atoms with Crippen molar-refractivity contribution in [3.05, 3.63) is 34.7 Å². The molecule has 1 fully saturated rings. The molecule has 8 heteroatoms. The van der Waals surface area contributed by atoms with E-state index >= 15 is 0 Å². The van der Waals surface area contributed by atoms with Crippen molar-refractivity contribution in [1.29, 1.82) is 0 Å². The van der Waals surface area contributed by atoms with Crippen molar-refractivity contribution in [2.45, 2.75) is 19.8 Å². The highest BCUT2D eigenvalue weighted by atomic mass is 16.5. The van der Waals surface area contributed by atoms with Crippen molar-refractivity contribution in [1.82, 2.24) is 19.6 Å². The predicted octanol–water partition coefficient (Wildman–Crippen LogP) is 1.35. The number of para-hydroxylation sites is 2. The van der Waals surface area contributed by atoms with Crippen molar-refractivity contribution >= 4 is 28.5 Å². The van der Waals surface area contributed by atoms with Crippen molar-refractivity contribution in [3.8, 4) is 0 Å². The van der Waals surface area contributed by atoms with Crippen molar-refractivity contribution in [2.24, 2.45) is 5.92 Å². The Morgan fingerprint density at radius 1 is 1.32 bits per heavy atom. The van der Waals surface area contributed by atoms with Crippen LogP contribution in [0.3, 0.4) is 0 Å². The molecular formula is C17H19N5O3. The van der Waals surface area contributed by atoms with Crippen molar-refractivity contribution < 1.29 is 9.53 Å². The van der Waals surface area contributed by atoms with Gasteiger partial charge in [-0.05, 0) is 31.9 Å². The first-order valence-electron chi connectivity index (χ1n) is 8.46. The minimum atomic E-state index is -0.281. The molecule has 4 rings (SSSR count).